The van der Waals surface area contributed by atoms with Gasteiger partial charge in [-0.25, -0.2) is 0 Å². The first-order valence-corrected chi connectivity index (χ1v) is 5.78. The van der Waals surface area contributed by atoms with Crippen molar-refractivity contribution in [1.82, 2.24) is 10.2 Å². The molecule has 5 nitrogen and oxygen atoms in total. The van der Waals surface area contributed by atoms with E-state index in [0.717, 1.165) is 6.42 Å². The quantitative estimate of drug-likeness (QED) is 0.693. The highest BCUT2D eigenvalue weighted by atomic mass is 16.2. The van der Waals surface area contributed by atoms with Gasteiger partial charge in [-0.15, -0.1) is 0 Å². The van der Waals surface area contributed by atoms with Crippen LogP contribution in [0.3, 0.4) is 0 Å². The van der Waals surface area contributed by atoms with E-state index in [2.05, 4.69) is 5.32 Å². The lowest BCUT2D eigenvalue weighted by Crippen LogP contribution is -2.50. The average molecular weight is 227 g/mol. The van der Waals surface area contributed by atoms with Crippen LogP contribution in [0.15, 0.2) is 0 Å². The predicted octanol–water partition coefficient (Wildman–Crippen LogP) is -0.293. The molecular formula is C11H21N3O2. The number of carbonyl (C=O) groups excluding carboxylic acids is 2. The van der Waals surface area contributed by atoms with Crippen molar-refractivity contribution in [2.24, 2.45) is 11.7 Å². The average Bonchev–Trinajstić information content (AvgIpc) is 2.58. The lowest BCUT2D eigenvalue weighted by molar-refractivity contribution is -0.132. The van der Waals surface area contributed by atoms with Crippen molar-refractivity contribution in [3.63, 3.8) is 0 Å². The molecule has 1 rings (SSSR count). The fourth-order valence-corrected chi connectivity index (χ4v) is 1.74. The third-order valence-electron chi connectivity index (χ3n) is 3.30. The molecule has 2 amide bonds. The minimum atomic E-state index is -0.524. The monoisotopic (exact) mass is 227 g/mol. The number of likely N-dealkylation sites (tertiary alicyclic amines) is 1. The molecule has 0 bridgehead atoms. The molecular weight excluding hydrogens is 206 g/mol. The molecule has 16 heavy (non-hydrogen) atoms. The van der Waals surface area contributed by atoms with Gasteiger partial charge in [0.1, 0.15) is 6.04 Å². The molecule has 0 aromatic rings. The summed E-state index contributed by atoms with van der Waals surface area (Å²) in [5, 5.41) is 2.72. The molecule has 3 N–H and O–H groups in total. The van der Waals surface area contributed by atoms with Crippen LogP contribution in [0.2, 0.25) is 0 Å². The highest BCUT2D eigenvalue weighted by Crippen LogP contribution is 2.10. The van der Waals surface area contributed by atoms with Gasteiger partial charge < -0.3 is 16.0 Å². The Balaban J connectivity index is 2.49. The Bertz CT molecular complexity index is 280. The first-order chi connectivity index (χ1) is 7.47. The second-order valence-corrected chi connectivity index (χ2v) is 4.52. The van der Waals surface area contributed by atoms with E-state index in [9.17, 15) is 9.59 Å². The molecule has 0 aromatic heterocycles. The van der Waals surface area contributed by atoms with Gasteiger partial charge in [0.15, 0.2) is 0 Å². The van der Waals surface area contributed by atoms with Gasteiger partial charge in [-0.05, 0) is 12.3 Å². The van der Waals surface area contributed by atoms with E-state index >= 15 is 0 Å². The molecule has 1 saturated heterocycles. The second kappa shape index (κ2) is 5.30. The first-order valence-electron chi connectivity index (χ1n) is 5.78. The molecule has 1 heterocycles. The van der Waals surface area contributed by atoms with Crippen LogP contribution in [-0.2, 0) is 9.59 Å². The van der Waals surface area contributed by atoms with Crippen LogP contribution >= 0.6 is 0 Å². The number of nitrogens with zero attached hydrogens (tertiary/aromatic N) is 1. The Kier molecular flexibility index (Phi) is 4.29. The van der Waals surface area contributed by atoms with Crippen molar-refractivity contribution in [1.29, 1.82) is 0 Å². The van der Waals surface area contributed by atoms with Crippen LogP contribution in [-0.4, -0.2) is 42.4 Å². The van der Waals surface area contributed by atoms with E-state index in [-0.39, 0.29) is 23.8 Å². The third kappa shape index (κ3) is 2.72. The summed E-state index contributed by atoms with van der Waals surface area (Å²) in [6, 6.07) is -0.906. The van der Waals surface area contributed by atoms with E-state index in [1.807, 2.05) is 13.8 Å². The SMILES string of the molecule is CC[C@H](C)[C@H](N)C(=O)NC1CCN(C)C1=O. The van der Waals surface area contributed by atoms with Crippen LogP contribution < -0.4 is 11.1 Å². The number of rotatable bonds is 4. The van der Waals surface area contributed by atoms with E-state index in [4.69, 9.17) is 5.73 Å². The number of amides is 2. The topological polar surface area (TPSA) is 75.4 Å². The summed E-state index contributed by atoms with van der Waals surface area (Å²) >= 11 is 0. The fraction of sp³-hybridized carbons (Fsp3) is 0.818. The number of hydrogen-bond acceptors (Lipinski definition) is 3. The van der Waals surface area contributed by atoms with Crippen molar-refractivity contribution < 1.29 is 9.59 Å². The Morgan fingerprint density at radius 1 is 1.69 bits per heavy atom. The van der Waals surface area contributed by atoms with Crippen molar-refractivity contribution in [2.45, 2.75) is 38.8 Å². The van der Waals surface area contributed by atoms with Crippen LogP contribution in [0.5, 0.6) is 0 Å². The lowest BCUT2D eigenvalue weighted by atomic mass is 9.99. The molecule has 0 aromatic carbocycles. The van der Waals surface area contributed by atoms with Crippen LogP contribution in [0, 0.1) is 5.92 Å². The second-order valence-electron chi connectivity index (χ2n) is 4.52. The van der Waals surface area contributed by atoms with Gasteiger partial charge in [0.25, 0.3) is 0 Å². The molecule has 0 saturated carbocycles. The van der Waals surface area contributed by atoms with E-state index in [1.54, 1.807) is 11.9 Å². The Morgan fingerprint density at radius 3 is 2.75 bits per heavy atom. The highest BCUT2D eigenvalue weighted by Gasteiger charge is 2.32. The Morgan fingerprint density at radius 2 is 2.31 bits per heavy atom. The van der Waals surface area contributed by atoms with E-state index < -0.39 is 6.04 Å². The minimum absolute atomic E-state index is 0.0234. The van der Waals surface area contributed by atoms with Crippen LogP contribution in [0.1, 0.15) is 26.7 Å². The molecule has 1 aliphatic heterocycles. The van der Waals surface area contributed by atoms with Crippen molar-refractivity contribution in [3.05, 3.63) is 0 Å². The van der Waals surface area contributed by atoms with Gasteiger partial charge in [0.2, 0.25) is 11.8 Å². The van der Waals surface area contributed by atoms with E-state index in [1.165, 1.54) is 0 Å². The summed E-state index contributed by atoms with van der Waals surface area (Å²) in [4.78, 5) is 24.9. The summed E-state index contributed by atoms with van der Waals surface area (Å²) in [6.07, 6.45) is 1.53. The zero-order valence-electron chi connectivity index (χ0n) is 10.2. The molecule has 0 spiro atoms. The zero-order valence-corrected chi connectivity index (χ0v) is 10.2. The maximum absolute atomic E-state index is 11.7. The number of nitrogens with one attached hydrogen (secondary N) is 1. The maximum Gasteiger partial charge on any atom is 0.244 e. The van der Waals surface area contributed by atoms with Gasteiger partial charge in [-0.2, -0.15) is 0 Å². The maximum atomic E-state index is 11.7. The molecule has 3 atom stereocenters. The molecule has 5 heteroatoms. The van der Waals surface area contributed by atoms with E-state index in [0.29, 0.717) is 13.0 Å². The molecule has 1 unspecified atom stereocenters. The zero-order chi connectivity index (χ0) is 12.3. The third-order valence-corrected chi connectivity index (χ3v) is 3.30. The van der Waals surface area contributed by atoms with Gasteiger partial charge in [-0.3, -0.25) is 9.59 Å². The summed E-state index contributed by atoms with van der Waals surface area (Å²) in [5.41, 5.74) is 5.79. The molecule has 1 fully saturated rings. The summed E-state index contributed by atoms with van der Waals surface area (Å²) in [7, 11) is 1.74. The highest BCUT2D eigenvalue weighted by molar-refractivity contribution is 5.90. The lowest BCUT2D eigenvalue weighted by Gasteiger charge is -2.20. The van der Waals surface area contributed by atoms with Crippen LogP contribution in [0.4, 0.5) is 0 Å². The minimum Gasteiger partial charge on any atom is -0.344 e. The molecule has 1 aliphatic rings. The number of hydrogen-bond donors (Lipinski definition) is 2. The van der Waals surface area contributed by atoms with Crippen molar-refractivity contribution in [2.75, 3.05) is 13.6 Å². The largest absolute Gasteiger partial charge is 0.344 e. The smallest absolute Gasteiger partial charge is 0.244 e. The van der Waals surface area contributed by atoms with Crippen molar-refractivity contribution >= 4 is 11.8 Å². The summed E-state index contributed by atoms with van der Waals surface area (Å²) in [6.45, 7) is 4.63. The Hall–Kier alpha value is -1.10. The summed E-state index contributed by atoms with van der Waals surface area (Å²) < 4.78 is 0. The van der Waals surface area contributed by atoms with Gasteiger partial charge in [0.05, 0.1) is 6.04 Å². The fourth-order valence-electron chi connectivity index (χ4n) is 1.74. The summed E-state index contributed by atoms with van der Waals surface area (Å²) in [5.74, 6) is -0.109. The first kappa shape index (κ1) is 13.0. The Labute approximate surface area is 96.4 Å². The van der Waals surface area contributed by atoms with Gasteiger partial charge in [0, 0.05) is 13.6 Å². The normalized spacial score (nSPS) is 24.4. The molecule has 92 valence electrons. The van der Waals surface area contributed by atoms with Crippen LogP contribution in [0.25, 0.3) is 0 Å². The van der Waals surface area contributed by atoms with Crippen molar-refractivity contribution in [3.8, 4) is 0 Å². The van der Waals surface area contributed by atoms with Gasteiger partial charge >= 0.3 is 0 Å². The predicted molar refractivity (Wildman–Crippen MR) is 61.6 cm³/mol. The molecule has 0 aliphatic carbocycles. The number of nitrogens with two attached hydrogens (primary N) is 1. The van der Waals surface area contributed by atoms with Gasteiger partial charge in [-0.1, -0.05) is 20.3 Å². The number of likely N-dealkylation sites (N-methyl/N-ethyl adjacent to an activating group) is 1. The standard InChI is InChI=1S/C11H21N3O2/c1-4-7(2)9(12)10(15)13-8-5-6-14(3)11(8)16/h7-9H,4-6,12H2,1-3H3,(H,13,15)/t7-,8?,9-/m0/s1. The molecule has 0 radical (unpaired) electrons. The number of carbonyl (C=O) groups is 2.